The first-order valence-electron chi connectivity index (χ1n) is 6.02. The Labute approximate surface area is 120 Å². The Balaban J connectivity index is 2.61. The minimum atomic E-state index is -4.31. The number of hydrogen-bond donors (Lipinski definition) is 1. The largest absolute Gasteiger partial charge is 0.416 e. The van der Waals surface area contributed by atoms with Gasteiger partial charge in [-0.1, -0.05) is 0 Å². The van der Waals surface area contributed by atoms with E-state index in [1.165, 1.54) is 6.07 Å². The lowest BCUT2D eigenvalue weighted by molar-refractivity contribution is -0.137. The molecule has 0 aliphatic rings. The lowest BCUT2D eigenvalue weighted by Crippen LogP contribution is -2.31. The van der Waals surface area contributed by atoms with Gasteiger partial charge < -0.3 is 10.2 Å². The maximum absolute atomic E-state index is 12.5. The molecule has 0 unspecified atom stereocenters. The van der Waals surface area contributed by atoms with Crippen molar-refractivity contribution in [3.8, 4) is 0 Å². The van der Waals surface area contributed by atoms with Crippen molar-refractivity contribution in [1.29, 1.82) is 0 Å². The molecule has 0 spiro atoms. The molecule has 19 heavy (non-hydrogen) atoms. The molecule has 1 rings (SSSR count). The Hall–Kier alpha value is -0.750. The van der Waals surface area contributed by atoms with E-state index in [1.807, 2.05) is 7.05 Å². The number of anilines is 1. The third-order valence-electron chi connectivity index (χ3n) is 2.96. The predicted molar refractivity (Wildman–Crippen MR) is 75.4 cm³/mol. The summed E-state index contributed by atoms with van der Waals surface area (Å²) >= 11 is 3.16. The minimum Gasteiger partial charge on any atom is -0.383 e. The number of likely N-dealkylation sites (N-methyl/N-ethyl adjacent to an activating group) is 1. The van der Waals surface area contributed by atoms with Crippen LogP contribution in [-0.2, 0) is 6.18 Å². The van der Waals surface area contributed by atoms with Gasteiger partial charge in [-0.2, -0.15) is 13.2 Å². The zero-order valence-electron chi connectivity index (χ0n) is 11.2. The fourth-order valence-corrected chi connectivity index (χ4v) is 1.98. The van der Waals surface area contributed by atoms with Crippen LogP contribution in [-0.4, -0.2) is 31.1 Å². The van der Waals surface area contributed by atoms with Crippen LogP contribution < -0.4 is 5.32 Å². The van der Waals surface area contributed by atoms with Crippen LogP contribution in [0.3, 0.4) is 0 Å². The molecule has 108 valence electrons. The number of nitrogens with one attached hydrogen (secondary N) is 1. The molecule has 0 saturated carbocycles. The summed E-state index contributed by atoms with van der Waals surface area (Å²) in [5.74, 6) is 0. The lowest BCUT2D eigenvalue weighted by atomic mass is 10.2. The standard InChI is InChI=1S/C13H18BrF3N2/c1-9(2)19(3)7-6-18-12-5-4-10(8-11(12)14)13(15,16)17/h4-5,8-9,18H,6-7H2,1-3H3. The van der Waals surface area contributed by atoms with Gasteiger partial charge >= 0.3 is 6.18 Å². The molecular weight excluding hydrogens is 321 g/mol. The van der Waals surface area contributed by atoms with Crippen LogP contribution in [0.15, 0.2) is 22.7 Å². The molecule has 0 aromatic heterocycles. The van der Waals surface area contributed by atoms with Crippen molar-refractivity contribution in [3.63, 3.8) is 0 Å². The van der Waals surface area contributed by atoms with Gasteiger partial charge in [-0.25, -0.2) is 0 Å². The molecule has 1 aromatic rings. The Kier molecular flexibility index (Phi) is 5.67. The van der Waals surface area contributed by atoms with E-state index in [4.69, 9.17) is 0 Å². The maximum Gasteiger partial charge on any atom is 0.416 e. The average Bonchev–Trinajstić information content (AvgIpc) is 2.29. The van der Waals surface area contributed by atoms with Crippen molar-refractivity contribution >= 4 is 21.6 Å². The molecular formula is C13H18BrF3N2. The summed E-state index contributed by atoms with van der Waals surface area (Å²) < 4.78 is 37.9. The van der Waals surface area contributed by atoms with Crippen LogP contribution in [0, 0.1) is 0 Å². The summed E-state index contributed by atoms with van der Waals surface area (Å²) in [7, 11) is 2.01. The van der Waals surface area contributed by atoms with Gasteiger partial charge in [0.25, 0.3) is 0 Å². The highest BCUT2D eigenvalue weighted by Crippen LogP contribution is 2.33. The number of rotatable bonds is 5. The normalized spacial score (nSPS) is 12.3. The summed E-state index contributed by atoms with van der Waals surface area (Å²) in [4.78, 5) is 2.16. The van der Waals surface area contributed by atoms with Crippen molar-refractivity contribution in [1.82, 2.24) is 4.90 Å². The van der Waals surface area contributed by atoms with Crippen molar-refractivity contribution in [3.05, 3.63) is 28.2 Å². The van der Waals surface area contributed by atoms with Crippen molar-refractivity contribution in [2.24, 2.45) is 0 Å². The summed E-state index contributed by atoms with van der Waals surface area (Å²) in [6.07, 6.45) is -4.31. The van der Waals surface area contributed by atoms with E-state index in [2.05, 4.69) is 40.0 Å². The second-order valence-corrected chi connectivity index (χ2v) is 5.55. The van der Waals surface area contributed by atoms with E-state index in [0.29, 0.717) is 22.7 Å². The van der Waals surface area contributed by atoms with Crippen LogP contribution in [0.2, 0.25) is 0 Å². The average molecular weight is 339 g/mol. The molecule has 1 aromatic carbocycles. The number of hydrogen-bond acceptors (Lipinski definition) is 2. The third kappa shape index (κ3) is 5.03. The first-order valence-corrected chi connectivity index (χ1v) is 6.82. The minimum absolute atomic E-state index is 0.425. The van der Waals surface area contributed by atoms with Gasteiger partial charge in [0.1, 0.15) is 0 Å². The monoisotopic (exact) mass is 338 g/mol. The quantitative estimate of drug-likeness (QED) is 0.864. The zero-order valence-corrected chi connectivity index (χ0v) is 12.8. The van der Waals surface area contributed by atoms with Crippen LogP contribution in [0.5, 0.6) is 0 Å². The van der Waals surface area contributed by atoms with E-state index < -0.39 is 11.7 Å². The molecule has 0 radical (unpaired) electrons. The molecule has 0 heterocycles. The first-order chi connectivity index (χ1) is 8.71. The van der Waals surface area contributed by atoms with Gasteiger partial charge in [-0.05, 0) is 55.0 Å². The Bertz CT molecular complexity index is 419. The van der Waals surface area contributed by atoms with Crippen LogP contribution in [0.1, 0.15) is 19.4 Å². The summed E-state index contributed by atoms with van der Waals surface area (Å²) in [6, 6.07) is 4.06. The van der Waals surface area contributed by atoms with Gasteiger partial charge in [0.2, 0.25) is 0 Å². The number of halogens is 4. The fraction of sp³-hybridized carbons (Fsp3) is 0.538. The SMILES string of the molecule is CC(C)N(C)CCNc1ccc(C(F)(F)F)cc1Br. The van der Waals surface area contributed by atoms with Gasteiger partial charge in [-0.3, -0.25) is 0 Å². The summed E-state index contributed by atoms with van der Waals surface area (Å²) in [6.45, 7) is 5.69. The topological polar surface area (TPSA) is 15.3 Å². The zero-order chi connectivity index (χ0) is 14.6. The predicted octanol–water partition coefficient (Wildman–Crippen LogP) is 4.22. The molecule has 0 aliphatic heterocycles. The van der Waals surface area contributed by atoms with Crippen LogP contribution in [0.25, 0.3) is 0 Å². The van der Waals surface area contributed by atoms with Crippen molar-refractivity contribution in [2.75, 3.05) is 25.5 Å². The summed E-state index contributed by atoms with van der Waals surface area (Å²) in [5, 5.41) is 3.12. The number of nitrogens with zero attached hydrogens (tertiary/aromatic N) is 1. The van der Waals surface area contributed by atoms with Crippen molar-refractivity contribution in [2.45, 2.75) is 26.1 Å². The molecule has 0 atom stereocenters. The van der Waals surface area contributed by atoms with Crippen molar-refractivity contribution < 1.29 is 13.2 Å². The van der Waals surface area contributed by atoms with Crippen LogP contribution >= 0.6 is 15.9 Å². The first kappa shape index (κ1) is 16.3. The molecule has 0 amide bonds. The molecule has 0 fully saturated rings. The molecule has 1 N–H and O–H groups in total. The number of alkyl halides is 3. The van der Waals surface area contributed by atoms with E-state index >= 15 is 0 Å². The molecule has 0 saturated heterocycles. The molecule has 6 heteroatoms. The van der Waals surface area contributed by atoms with Gasteiger partial charge in [0, 0.05) is 29.3 Å². The fourth-order valence-electron chi connectivity index (χ4n) is 1.46. The smallest absolute Gasteiger partial charge is 0.383 e. The van der Waals surface area contributed by atoms with E-state index in [1.54, 1.807) is 0 Å². The van der Waals surface area contributed by atoms with E-state index in [9.17, 15) is 13.2 Å². The highest BCUT2D eigenvalue weighted by Gasteiger charge is 2.30. The lowest BCUT2D eigenvalue weighted by Gasteiger charge is -2.21. The molecule has 0 bridgehead atoms. The number of benzene rings is 1. The van der Waals surface area contributed by atoms with Gasteiger partial charge in [0.05, 0.1) is 5.56 Å². The second-order valence-electron chi connectivity index (χ2n) is 4.69. The highest BCUT2D eigenvalue weighted by molar-refractivity contribution is 9.10. The summed E-state index contributed by atoms with van der Waals surface area (Å²) in [5.41, 5.74) is 0.0226. The second kappa shape index (κ2) is 6.61. The Morgan fingerprint density at radius 3 is 2.42 bits per heavy atom. The van der Waals surface area contributed by atoms with E-state index in [-0.39, 0.29) is 0 Å². The highest BCUT2D eigenvalue weighted by atomic mass is 79.9. The Morgan fingerprint density at radius 1 is 1.32 bits per heavy atom. The van der Waals surface area contributed by atoms with Gasteiger partial charge in [-0.15, -0.1) is 0 Å². The third-order valence-corrected chi connectivity index (χ3v) is 3.61. The van der Waals surface area contributed by atoms with Gasteiger partial charge in [0.15, 0.2) is 0 Å². The molecule has 2 nitrogen and oxygen atoms in total. The Morgan fingerprint density at radius 2 is 1.95 bits per heavy atom. The maximum atomic E-state index is 12.5. The van der Waals surface area contributed by atoms with Crippen LogP contribution in [0.4, 0.5) is 18.9 Å². The molecule has 0 aliphatic carbocycles. The van der Waals surface area contributed by atoms with E-state index in [0.717, 1.165) is 18.7 Å².